The number of pyridine rings is 1. The second-order valence-corrected chi connectivity index (χ2v) is 4.27. The van der Waals surface area contributed by atoms with E-state index in [1.807, 2.05) is 6.07 Å². The maximum absolute atomic E-state index is 9.11. The highest BCUT2D eigenvalue weighted by Gasteiger charge is 2.41. The van der Waals surface area contributed by atoms with E-state index in [9.17, 15) is 0 Å². The summed E-state index contributed by atoms with van der Waals surface area (Å²) in [5, 5.41) is 12.9. The normalized spacial score (nSPS) is 17.9. The molecule has 0 amide bonds. The molecular weight excluding hydrogens is 200 g/mol. The van der Waals surface area contributed by atoms with E-state index in [1.54, 1.807) is 12.3 Å². The summed E-state index contributed by atoms with van der Waals surface area (Å²) in [6.45, 7) is 1.07. The van der Waals surface area contributed by atoms with E-state index in [1.165, 1.54) is 0 Å². The van der Waals surface area contributed by atoms with Crippen molar-refractivity contribution in [2.45, 2.75) is 12.8 Å². The van der Waals surface area contributed by atoms with Gasteiger partial charge in [-0.25, -0.2) is 4.98 Å². The number of rotatable bonds is 4. The number of halogens is 1. The summed E-state index contributed by atoms with van der Waals surface area (Å²) in [7, 11) is 0. The van der Waals surface area contributed by atoms with Crippen LogP contribution in [0.25, 0.3) is 0 Å². The number of aliphatic hydroxyl groups is 1. The molecule has 1 aromatic rings. The molecule has 2 N–H and O–H groups in total. The number of hydrogen-bond acceptors (Lipinski definition) is 3. The molecule has 4 heteroatoms. The Morgan fingerprint density at radius 2 is 2.36 bits per heavy atom. The smallest absolute Gasteiger partial charge is 0.131 e. The van der Waals surface area contributed by atoms with Crippen molar-refractivity contribution in [2.75, 3.05) is 18.5 Å². The lowest BCUT2D eigenvalue weighted by atomic mass is 10.1. The molecule has 0 aliphatic heterocycles. The summed E-state index contributed by atoms with van der Waals surface area (Å²) in [6.07, 6.45) is 3.88. The average Bonchev–Trinajstić information content (AvgIpc) is 2.96. The second kappa shape index (κ2) is 3.75. The van der Waals surface area contributed by atoms with E-state index in [0.29, 0.717) is 5.15 Å². The summed E-state index contributed by atoms with van der Waals surface area (Å²) in [5.41, 5.74) is 1.08. The van der Waals surface area contributed by atoms with Gasteiger partial charge in [-0.05, 0) is 25.0 Å². The van der Waals surface area contributed by atoms with Crippen molar-refractivity contribution in [3.8, 4) is 0 Å². The fraction of sp³-hybridized carbons (Fsp3) is 0.500. The van der Waals surface area contributed by atoms with Gasteiger partial charge in [-0.15, -0.1) is 0 Å². The fourth-order valence-electron chi connectivity index (χ4n) is 1.37. The molecule has 2 rings (SSSR count). The Kier molecular flexibility index (Phi) is 2.61. The molecule has 76 valence electrons. The Morgan fingerprint density at radius 1 is 1.57 bits per heavy atom. The summed E-state index contributed by atoms with van der Waals surface area (Å²) in [5.74, 6) is 0. The van der Waals surface area contributed by atoms with Crippen molar-refractivity contribution in [3.63, 3.8) is 0 Å². The third-order valence-corrected chi connectivity index (χ3v) is 2.89. The van der Waals surface area contributed by atoms with Crippen LogP contribution < -0.4 is 5.32 Å². The minimum atomic E-state index is 0.121. The summed E-state index contributed by atoms with van der Waals surface area (Å²) in [4.78, 5) is 3.90. The highest BCUT2D eigenvalue weighted by atomic mass is 35.5. The van der Waals surface area contributed by atoms with Gasteiger partial charge in [0.05, 0.1) is 6.61 Å². The van der Waals surface area contributed by atoms with Gasteiger partial charge in [0.2, 0.25) is 0 Å². The molecule has 0 radical (unpaired) electrons. The van der Waals surface area contributed by atoms with Crippen LogP contribution in [0.4, 0.5) is 5.69 Å². The van der Waals surface area contributed by atoms with E-state index < -0.39 is 0 Å². The van der Waals surface area contributed by atoms with Crippen LogP contribution in [0.1, 0.15) is 12.8 Å². The SMILES string of the molecule is OCC1(CNc2ccnc(Cl)c2)CC1. The minimum absolute atomic E-state index is 0.121. The third-order valence-electron chi connectivity index (χ3n) is 2.69. The van der Waals surface area contributed by atoms with E-state index in [4.69, 9.17) is 16.7 Å². The Hall–Kier alpha value is -0.800. The lowest BCUT2D eigenvalue weighted by molar-refractivity contribution is 0.220. The first kappa shape index (κ1) is 9.74. The van der Waals surface area contributed by atoms with Crippen molar-refractivity contribution in [3.05, 3.63) is 23.5 Å². The Balaban J connectivity index is 1.92. The van der Waals surface area contributed by atoms with E-state index in [2.05, 4.69) is 10.3 Å². The van der Waals surface area contributed by atoms with E-state index >= 15 is 0 Å². The summed E-state index contributed by atoms with van der Waals surface area (Å²) < 4.78 is 0. The van der Waals surface area contributed by atoms with Crippen LogP contribution in [0.3, 0.4) is 0 Å². The molecule has 0 aromatic carbocycles. The molecular formula is C10H13ClN2O. The van der Waals surface area contributed by atoms with E-state index in [-0.39, 0.29) is 12.0 Å². The number of anilines is 1. The summed E-state index contributed by atoms with van der Waals surface area (Å²) >= 11 is 5.74. The maximum atomic E-state index is 9.11. The number of aliphatic hydroxyl groups excluding tert-OH is 1. The van der Waals surface area contributed by atoms with Crippen molar-refractivity contribution in [1.82, 2.24) is 4.98 Å². The lowest BCUT2D eigenvalue weighted by Crippen LogP contribution is -2.18. The van der Waals surface area contributed by atoms with Gasteiger partial charge >= 0.3 is 0 Å². The second-order valence-electron chi connectivity index (χ2n) is 3.88. The molecule has 0 spiro atoms. The van der Waals surface area contributed by atoms with Gasteiger partial charge in [0.1, 0.15) is 5.15 Å². The molecule has 14 heavy (non-hydrogen) atoms. The van der Waals surface area contributed by atoms with Crippen molar-refractivity contribution in [1.29, 1.82) is 0 Å². The van der Waals surface area contributed by atoms with Crippen molar-refractivity contribution in [2.24, 2.45) is 5.41 Å². The molecule has 1 aliphatic rings. The summed E-state index contributed by atoms with van der Waals surface area (Å²) in [6, 6.07) is 3.66. The highest BCUT2D eigenvalue weighted by molar-refractivity contribution is 6.29. The molecule has 1 aromatic heterocycles. The minimum Gasteiger partial charge on any atom is -0.396 e. The van der Waals surface area contributed by atoms with Gasteiger partial charge in [-0.1, -0.05) is 11.6 Å². The zero-order valence-corrected chi connectivity index (χ0v) is 8.59. The fourth-order valence-corrected chi connectivity index (χ4v) is 1.54. The average molecular weight is 213 g/mol. The molecule has 1 saturated carbocycles. The maximum Gasteiger partial charge on any atom is 0.131 e. The van der Waals surface area contributed by atoms with Crippen molar-refractivity contribution < 1.29 is 5.11 Å². The van der Waals surface area contributed by atoms with Crippen LogP contribution in [0.15, 0.2) is 18.3 Å². The molecule has 0 saturated heterocycles. The molecule has 1 fully saturated rings. The lowest BCUT2D eigenvalue weighted by Gasteiger charge is -2.13. The first-order valence-electron chi connectivity index (χ1n) is 4.70. The third kappa shape index (κ3) is 2.16. The van der Waals surface area contributed by atoms with Crippen LogP contribution in [0, 0.1) is 5.41 Å². The van der Waals surface area contributed by atoms with Gasteiger partial charge in [0, 0.05) is 23.8 Å². The van der Waals surface area contributed by atoms with Gasteiger partial charge in [-0.3, -0.25) is 0 Å². The van der Waals surface area contributed by atoms with Gasteiger partial charge in [-0.2, -0.15) is 0 Å². The zero-order valence-electron chi connectivity index (χ0n) is 7.83. The van der Waals surface area contributed by atoms with Crippen LogP contribution in [-0.2, 0) is 0 Å². The number of nitrogens with zero attached hydrogens (tertiary/aromatic N) is 1. The largest absolute Gasteiger partial charge is 0.396 e. The van der Waals surface area contributed by atoms with E-state index in [0.717, 1.165) is 25.1 Å². The predicted octanol–water partition coefficient (Wildman–Crippen LogP) is 1.92. The molecule has 1 aliphatic carbocycles. The Bertz CT molecular complexity index is 326. The molecule has 0 atom stereocenters. The van der Waals surface area contributed by atoms with Crippen molar-refractivity contribution >= 4 is 17.3 Å². The Morgan fingerprint density at radius 3 is 2.93 bits per heavy atom. The number of aromatic nitrogens is 1. The molecule has 3 nitrogen and oxygen atoms in total. The standard InChI is InChI=1S/C10H13ClN2O/c11-9-5-8(1-4-12-9)13-6-10(7-14)2-3-10/h1,4-5,14H,2-3,6-7H2,(H,12,13). The van der Waals surface area contributed by atoms with Crippen LogP contribution in [-0.4, -0.2) is 23.2 Å². The Labute approximate surface area is 88.1 Å². The monoisotopic (exact) mass is 212 g/mol. The zero-order chi connectivity index (χ0) is 10.0. The number of hydrogen-bond donors (Lipinski definition) is 2. The van der Waals surface area contributed by atoms with Gasteiger partial charge in [0.25, 0.3) is 0 Å². The van der Waals surface area contributed by atoms with Crippen LogP contribution >= 0.6 is 11.6 Å². The first-order valence-corrected chi connectivity index (χ1v) is 5.08. The number of nitrogens with one attached hydrogen (secondary N) is 1. The molecule has 0 bridgehead atoms. The van der Waals surface area contributed by atoms with Gasteiger partial charge in [0.15, 0.2) is 0 Å². The predicted molar refractivity (Wildman–Crippen MR) is 56.5 cm³/mol. The van der Waals surface area contributed by atoms with Crippen LogP contribution in [0.2, 0.25) is 5.15 Å². The quantitative estimate of drug-likeness (QED) is 0.750. The topological polar surface area (TPSA) is 45.1 Å². The van der Waals surface area contributed by atoms with Crippen LogP contribution in [0.5, 0.6) is 0 Å². The molecule has 0 unspecified atom stereocenters. The molecule has 1 heterocycles. The van der Waals surface area contributed by atoms with Gasteiger partial charge < -0.3 is 10.4 Å². The first-order chi connectivity index (χ1) is 6.74. The highest BCUT2D eigenvalue weighted by Crippen LogP contribution is 2.44.